The lowest BCUT2D eigenvalue weighted by atomic mass is 9.94. The van der Waals surface area contributed by atoms with Gasteiger partial charge in [0.15, 0.2) is 0 Å². The van der Waals surface area contributed by atoms with Gasteiger partial charge in [0.2, 0.25) is 5.91 Å². The van der Waals surface area contributed by atoms with E-state index in [1.807, 2.05) is 0 Å². The van der Waals surface area contributed by atoms with Crippen LogP contribution in [0, 0.1) is 11.7 Å². The zero-order chi connectivity index (χ0) is 13.5. The fourth-order valence-electron chi connectivity index (χ4n) is 3.04. The van der Waals surface area contributed by atoms with Gasteiger partial charge in [-0.05, 0) is 25.3 Å². The maximum atomic E-state index is 13.9. The standard InChI is InChI=1S/C15H18FNO2/c16-13-4-2-1-3-12(13)15(6-7-15)14(19)17-8-5-11(9-17)10-18/h1-4,11,18H,5-10H2. The number of aliphatic hydroxyl groups excluding tert-OH is 1. The molecule has 1 N–H and O–H groups in total. The number of likely N-dealkylation sites (tertiary alicyclic amines) is 1. The Morgan fingerprint density at radius 2 is 2.16 bits per heavy atom. The Morgan fingerprint density at radius 1 is 1.42 bits per heavy atom. The van der Waals surface area contributed by atoms with E-state index in [4.69, 9.17) is 5.11 Å². The number of benzene rings is 1. The lowest BCUT2D eigenvalue weighted by Gasteiger charge is -2.23. The number of aliphatic hydroxyl groups is 1. The summed E-state index contributed by atoms with van der Waals surface area (Å²) in [4.78, 5) is 14.4. The first kappa shape index (κ1) is 12.6. The highest BCUT2D eigenvalue weighted by molar-refractivity contribution is 5.91. The lowest BCUT2D eigenvalue weighted by molar-refractivity contribution is -0.133. The number of halogens is 1. The van der Waals surface area contributed by atoms with E-state index in [1.165, 1.54) is 6.07 Å². The molecule has 1 unspecified atom stereocenters. The van der Waals surface area contributed by atoms with E-state index in [1.54, 1.807) is 23.1 Å². The molecule has 0 aromatic heterocycles. The van der Waals surface area contributed by atoms with Crippen molar-refractivity contribution >= 4 is 5.91 Å². The van der Waals surface area contributed by atoms with Gasteiger partial charge >= 0.3 is 0 Å². The average Bonchev–Trinajstić information content (AvgIpc) is 3.09. The highest BCUT2D eigenvalue weighted by atomic mass is 19.1. The zero-order valence-electron chi connectivity index (χ0n) is 10.8. The number of amides is 1. The van der Waals surface area contributed by atoms with Crippen molar-refractivity contribution in [2.24, 2.45) is 5.92 Å². The number of hydrogen-bond donors (Lipinski definition) is 1. The second kappa shape index (κ2) is 4.60. The molecule has 1 saturated carbocycles. The second-order valence-corrected chi connectivity index (χ2v) is 5.65. The average molecular weight is 263 g/mol. The van der Waals surface area contributed by atoms with Crippen molar-refractivity contribution in [2.75, 3.05) is 19.7 Å². The third-order valence-corrected chi connectivity index (χ3v) is 4.38. The van der Waals surface area contributed by atoms with Crippen LogP contribution < -0.4 is 0 Å². The first-order valence-corrected chi connectivity index (χ1v) is 6.82. The normalized spacial score (nSPS) is 24.5. The second-order valence-electron chi connectivity index (χ2n) is 5.65. The Labute approximate surface area is 112 Å². The topological polar surface area (TPSA) is 40.5 Å². The van der Waals surface area contributed by atoms with E-state index < -0.39 is 5.41 Å². The molecule has 1 saturated heterocycles. The van der Waals surface area contributed by atoms with Crippen LogP contribution in [0.4, 0.5) is 4.39 Å². The van der Waals surface area contributed by atoms with Crippen molar-refractivity contribution < 1.29 is 14.3 Å². The van der Waals surface area contributed by atoms with Crippen LogP contribution in [-0.4, -0.2) is 35.6 Å². The van der Waals surface area contributed by atoms with Crippen LogP contribution in [-0.2, 0) is 10.2 Å². The third-order valence-electron chi connectivity index (χ3n) is 4.38. The molecule has 0 bridgehead atoms. The summed E-state index contributed by atoms with van der Waals surface area (Å²) in [6.45, 7) is 1.41. The number of carbonyl (C=O) groups is 1. The highest BCUT2D eigenvalue weighted by Gasteiger charge is 2.54. The molecular weight excluding hydrogens is 245 g/mol. The number of hydrogen-bond acceptors (Lipinski definition) is 2. The summed E-state index contributed by atoms with van der Waals surface area (Å²) in [6, 6.07) is 6.58. The predicted octanol–water partition coefficient (Wildman–Crippen LogP) is 1.70. The van der Waals surface area contributed by atoms with Crippen LogP contribution in [0.3, 0.4) is 0 Å². The summed E-state index contributed by atoms with van der Waals surface area (Å²) in [6.07, 6.45) is 2.30. The quantitative estimate of drug-likeness (QED) is 0.901. The molecule has 2 aliphatic rings. The van der Waals surface area contributed by atoms with E-state index in [0.717, 1.165) is 19.3 Å². The fraction of sp³-hybridized carbons (Fsp3) is 0.533. The minimum atomic E-state index is -0.629. The molecule has 1 aromatic carbocycles. The number of nitrogens with zero attached hydrogens (tertiary/aromatic N) is 1. The maximum Gasteiger partial charge on any atom is 0.233 e. The van der Waals surface area contributed by atoms with Crippen LogP contribution in [0.1, 0.15) is 24.8 Å². The van der Waals surface area contributed by atoms with Crippen molar-refractivity contribution in [1.82, 2.24) is 4.90 Å². The van der Waals surface area contributed by atoms with Crippen LogP contribution in [0.25, 0.3) is 0 Å². The summed E-state index contributed by atoms with van der Waals surface area (Å²) in [7, 11) is 0. The predicted molar refractivity (Wildman–Crippen MR) is 69.1 cm³/mol. The van der Waals surface area contributed by atoms with Crippen LogP contribution in [0.15, 0.2) is 24.3 Å². The van der Waals surface area contributed by atoms with Gasteiger partial charge in [0, 0.05) is 31.2 Å². The van der Waals surface area contributed by atoms with E-state index in [9.17, 15) is 9.18 Å². The van der Waals surface area contributed by atoms with Gasteiger partial charge < -0.3 is 10.0 Å². The molecule has 4 heteroatoms. The molecule has 0 radical (unpaired) electrons. The van der Waals surface area contributed by atoms with Crippen LogP contribution >= 0.6 is 0 Å². The first-order chi connectivity index (χ1) is 9.17. The van der Waals surface area contributed by atoms with Crippen molar-refractivity contribution in [3.8, 4) is 0 Å². The Morgan fingerprint density at radius 3 is 2.74 bits per heavy atom. The Kier molecular flexibility index (Phi) is 3.05. The number of carbonyl (C=O) groups excluding carboxylic acids is 1. The van der Waals surface area contributed by atoms with Crippen molar-refractivity contribution in [3.63, 3.8) is 0 Å². The summed E-state index contributed by atoms with van der Waals surface area (Å²) in [5, 5.41) is 9.15. The van der Waals surface area contributed by atoms with E-state index in [2.05, 4.69) is 0 Å². The Hall–Kier alpha value is -1.42. The molecule has 2 fully saturated rings. The van der Waals surface area contributed by atoms with Crippen LogP contribution in [0.2, 0.25) is 0 Å². The highest BCUT2D eigenvalue weighted by Crippen LogP contribution is 2.50. The van der Waals surface area contributed by atoms with Crippen LogP contribution in [0.5, 0.6) is 0 Å². The molecular formula is C15H18FNO2. The molecule has 19 heavy (non-hydrogen) atoms. The maximum absolute atomic E-state index is 13.9. The first-order valence-electron chi connectivity index (χ1n) is 6.82. The molecule has 1 heterocycles. The minimum Gasteiger partial charge on any atom is -0.396 e. The SMILES string of the molecule is O=C(N1CCC(CO)C1)C1(c2ccccc2F)CC1. The molecule has 1 atom stereocenters. The van der Waals surface area contributed by atoms with Crippen molar-refractivity contribution in [2.45, 2.75) is 24.7 Å². The monoisotopic (exact) mass is 263 g/mol. The number of rotatable bonds is 3. The molecule has 3 nitrogen and oxygen atoms in total. The smallest absolute Gasteiger partial charge is 0.233 e. The third kappa shape index (κ3) is 2.04. The van der Waals surface area contributed by atoms with E-state index >= 15 is 0 Å². The Balaban J connectivity index is 1.82. The minimum absolute atomic E-state index is 0.0357. The molecule has 1 aromatic rings. The van der Waals surface area contributed by atoms with Gasteiger partial charge in [-0.3, -0.25) is 4.79 Å². The van der Waals surface area contributed by atoms with Gasteiger partial charge in [-0.2, -0.15) is 0 Å². The van der Waals surface area contributed by atoms with Gasteiger partial charge in [0.05, 0.1) is 5.41 Å². The fourth-order valence-corrected chi connectivity index (χ4v) is 3.04. The van der Waals surface area contributed by atoms with E-state index in [-0.39, 0.29) is 24.2 Å². The largest absolute Gasteiger partial charge is 0.396 e. The molecule has 0 spiro atoms. The molecule has 1 amide bonds. The van der Waals surface area contributed by atoms with Gasteiger partial charge in [0.1, 0.15) is 5.82 Å². The van der Waals surface area contributed by atoms with Gasteiger partial charge in [-0.15, -0.1) is 0 Å². The molecule has 1 aliphatic carbocycles. The zero-order valence-corrected chi connectivity index (χ0v) is 10.8. The summed E-state index contributed by atoms with van der Waals surface area (Å²) in [5.41, 5.74) is -0.0946. The summed E-state index contributed by atoms with van der Waals surface area (Å²) < 4.78 is 13.9. The van der Waals surface area contributed by atoms with E-state index in [0.29, 0.717) is 18.7 Å². The summed E-state index contributed by atoms with van der Waals surface area (Å²) in [5.74, 6) is -0.0693. The van der Waals surface area contributed by atoms with Crippen molar-refractivity contribution in [1.29, 1.82) is 0 Å². The van der Waals surface area contributed by atoms with Gasteiger partial charge in [-0.25, -0.2) is 4.39 Å². The lowest BCUT2D eigenvalue weighted by Crippen LogP contribution is -2.38. The van der Waals surface area contributed by atoms with Crippen molar-refractivity contribution in [3.05, 3.63) is 35.6 Å². The molecule has 102 valence electrons. The summed E-state index contributed by atoms with van der Waals surface area (Å²) >= 11 is 0. The molecule has 1 aliphatic heterocycles. The van der Waals surface area contributed by atoms with Gasteiger partial charge in [0.25, 0.3) is 0 Å². The van der Waals surface area contributed by atoms with Gasteiger partial charge in [-0.1, -0.05) is 18.2 Å². The molecule has 3 rings (SSSR count). The Bertz CT molecular complexity index is 499.